The summed E-state index contributed by atoms with van der Waals surface area (Å²) in [6, 6.07) is 23.1. The molecule has 0 atom stereocenters. The Morgan fingerprint density at radius 2 is 1.71 bits per heavy atom. The lowest BCUT2D eigenvalue weighted by Crippen LogP contribution is -2.44. The van der Waals surface area contributed by atoms with E-state index in [0.29, 0.717) is 48.6 Å². The molecule has 0 aliphatic carbocycles. The van der Waals surface area contributed by atoms with Gasteiger partial charge in [-0.3, -0.25) is 4.57 Å². The monoisotopic (exact) mass is 660 g/mol. The number of piperidine rings is 1. The number of benzene rings is 4. The average Bonchev–Trinajstić information content (AvgIpc) is 3.42. The van der Waals surface area contributed by atoms with Crippen LogP contribution in [-0.2, 0) is 16.1 Å². The minimum atomic E-state index is -0.568. The molecule has 6 rings (SSSR count). The number of fused-ring (bicyclic) bond motifs is 2. The second-order valence-electron chi connectivity index (χ2n) is 13.2. The van der Waals surface area contributed by atoms with Gasteiger partial charge < -0.3 is 23.8 Å². The fourth-order valence-corrected chi connectivity index (χ4v) is 6.31. The molecule has 0 spiro atoms. The van der Waals surface area contributed by atoms with Crippen LogP contribution in [0.2, 0.25) is 0 Å². The third-order valence-corrected chi connectivity index (χ3v) is 8.65. The Balaban J connectivity index is 1.39. The summed E-state index contributed by atoms with van der Waals surface area (Å²) in [7, 11) is 1.35. The van der Waals surface area contributed by atoms with Gasteiger partial charge in [0.25, 0.3) is 0 Å². The Labute approximate surface area is 285 Å². The lowest BCUT2D eigenvalue weighted by molar-refractivity contribution is 0.0123. The van der Waals surface area contributed by atoms with E-state index in [1.165, 1.54) is 7.11 Å². The van der Waals surface area contributed by atoms with Crippen LogP contribution in [0.15, 0.2) is 66.7 Å². The first-order valence-electron chi connectivity index (χ1n) is 16.4. The summed E-state index contributed by atoms with van der Waals surface area (Å²) in [6.45, 7) is 10.7. The van der Waals surface area contributed by atoms with E-state index in [1.807, 2.05) is 83.1 Å². The molecule has 5 aromatic rings. The summed E-state index contributed by atoms with van der Waals surface area (Å²) >= 11 is 0. The fraction of sp³-hybridized carbons (Fsp3) is 0.333. The number of carbonyl (C=O) groups is 2. The number of esters is 1. The van der Waals surface area contributed by atoms with E-state index in [1.54, 1.807) is 23.1 Å². The maximum Gasteiger partial charge on any atom is 0.410 e. The molecule has 0 bridgehead atoms. The molecule has 4 aromatic carbocycles. The van der Waals surface area contributed by atoms with Crippen LogP contribution in [-0.4, -0.2) is 58.4 Å². The molecule has 10 nitrogen and oxygen atoms in total. The number of likely N-dealkylation sites (tertiary alicyclic amines) is 1. The Bertz CT molecular complexity index is 2100. The van der Waals surface area contributed by atoms with Gasteiger partial charge >= 0.3 is 12.1 Å². The molecule has 1 aliphatic rings. The van der Waals surface area contributed by atoms with E-state index in [4.69, 9.17) is 23.9 Å². The predicted molar refractivity (Wildman–Crippen MR) is 186 cm³/mol. The van der Waals surface area contributed by atoms with Crippen molar-refractivity contribution in [2.24, 2.45) is 0 Å². The van der Waals surface area contributed by atoms with Gasteiger partial charge in [0.05, 0.1) is 41.0 Å². The van der Waals surface area contributed by atoms with Crippen LogP contribution in [0.25, 0.3) is 27.5 Å². The summed E-state index contributed by atoms with van der Waals surface area (Å²) < 4.78 is 25.8. The summed E-state index contributed by atoms with van der Waals surface area (Å²) in [5, 5.41) is 11.6. The molecule has 0 radical (unpaired) electrons. The summed E-state index contributed by atoms with van der Waals surface area (Å²) in [5.41, 5.74) is 4.58. The van der Waals surface area contributed by atoms with Crippen LogP contribution in [0.3, 0.4) is 0 Å². The highest BCUT2D eigenvalue weighted by Gasteiger charge is 2.29. The van der Waals surface area contributed by atoms with Gasteiger partial charge in [-0.25, -0.2) is 14.6 Å². The zero-order chi connectivity index (χ0) is 34.9. The molecule has 2 heterocycles. The quantitative estimate of drug-likeness (QED) is 0.162. The largest absolute Gasteiger partial charge is 0.486 e. The van der Waals surface area contributed by atoms with E-state index in [2.05, 4.69) is 10.6 Å². The minimum Gasteiger partial charge on any atom is -0.486 e. The van der Waals surface area contributed by atoms with E-state index >= 15 is 0 Å². The SMILES string of the molecule is COC(=O)c1cccc(COc2c(OC3CCN(C(=O)OC(C)(C)C)CC3)cc3c(nc(C)n3-c3ccc(C#N)c4ccccc34)c2C)c1. The number of amides is 1. The summed E-state index contributed by atoms with van der Waals surface area (Å²) in [6.07, 6.45) is 0.745. The minimum absolute atomic E-state index is 0.172. The van der Waals surface area contributed by atoms with Crippen LogP contribution in [0, 0.1) is 25.2 Å². The number of hydrogen-bond acceptors (Lipinski definition) is 8. The van der Waals surface area contributed by atoms with Crippen molar-refractivity contribution >= 4 is 33.9 Å². The first-order chi connectivity index (χ1) is 23.5. The zero-order valence-electron chi connectivity index (χ0n) is 28.7. The molecule has 1 amide bonds. The highest BCUT2D eigenvalue weighted by molar-refractivity contribution is 5.97. The van der Waals surface area contributed by atoms with Crippen molar-refractivity contribution in [3.05, 3.63) is 94.8 Å². The van der Waals surface area contributed by atoms with Gasteiger partial charge in [-0.1, -0.05) is 36.4 Å². The predicted octanol–water partition coefficient (Wildman–Crippen LogP) is 7.81. The third-order valence-electron chi connectivity index (χ3n) is 8.65. The van der Waals surface area contributed by atoms with Crippen molar-refractivity contribution < 1.29 is 28.5 Å². The molecule has 1 fully saturated rings. The van der Waals surface area contributed by atoms with Crippen molar-refractivity contribution in [1.29, 1.82) is 5.26 Å². The van der Waals surface area contributed by atoms with E-state index < -0.39 is 11.6 Å². The van der Waals surface area contributed by atoms with Crippen molar-refractivity contribution in [3.8, 4) is 23.3 Å². The maximum absolute atomic E-state index is 12.7. The first kappa shape index (κ1) is 33.3. The molecule has 252 valence electrons. The van der Waals surface area contributed by atoms with Crippen molar-refractivity contribution in [2.45, 2.75) is 65.8 Å². The smallest absolute Gasteiger partial charge is 0.410 e. The number of hydrogen-bond donors (Lipinski definition) is 0. The fourth-order valence-electron chi connectivity index (χ4n) is 6.31. The third kappa shape index (κ3) is 6.88. The van der Waals surface area contributed by atoms with Gasteiger partial charge in [0.1, 0.15) is 24.1 Å². The molecular formula is C39H40N4O6. The molecule has 1 aromatic heterocycles. The molecule has 49 heavy (non-hydrogen) atoms. The van der Waals surface area contributed by atoms with Crippen LogP contribution in [0.4, 0.5) is 4.79 Å². The molecule has 0 saturated carbocycles. The van der Waals surface area contributed by atoms with Gasteiger partial charge in [0, 0.05) is 48.3 Å². The van der Waals surface area contributed by atoms with Gasteiger partial charge in [-0.15, -0.1) is 0 Å². The molecule has 10 heteroatoms. The lowest BCUT2D eigenvalue weighted by atomic mass is 10.0. The number of imidazole rings is 1. The van der Waals surface area contributed by atoms with Crippen LogP contribution < -0.4 is 9.47 Å². The zero-order valence-corrected chi connectivity index (χ0v) is 28.7. The Kier molecular flexibility index (Phi) is 9.20. The van der Waals surface area contributed by atoms with Crippen LogP contribution in [0.5, 0.6) is 11.5 Å². The number of ether oxygens (including phenoxy) is 4. The number of carbonyl (C=O) groups excluding carboxylic acids is 2. The van der Waals surface area contributed by atoms with E-state index in [0.717, 1.165) is 44.4 Å². The Morgan fingerprint density at radius 1 is 0.980 bits per heavy atom. The summed E-state index contributed by atoms with van der Waals surface area (Å²) in [4.78, 5) is 31.6. The average molecular weight is 661 g/mol. The second-order valence-corrected chi connectivity index (χ2v) is 13.2. The first-order valence-corrected chi connectivity index (χ1v) is 16.4. The van der Waals surface area contributed by atoms with Gasteiger partial charge in [-0.2, -0.15) is 5.26 Å². The molecule has 1 saturated heterocycles. The second kappa shape index (κ2) is 13.5. The highest BCUT2D eigenvalue weighted by Crippen LogP contribution is 2.41. The number of rotatable bonds is 7. The van der Waals surface area contributed by atoms with Gasteiger partial charge in [0.15, 0.2) is 11.5 Å². The number of methoxy groups -OCH3 is 1. The number of nitrogens with zero attached hydrogens (tertiary/aromatic N) is 4. The van der Waals surface area contributed by atoms with Crippen molar-refractivity contribution in [2.75, 3.05) is 20.2 Å². The van der Waals surface area contributed by atoms with Gasteiger partial charge in [0.2, 0.25) is 0 Å². The van der Waals surface area contributed by atoms with Crippen molar-refractivity contribution in [1.82, 2.24) is 14.5 Å². The Morgan fingerprint density at radius 3 is 2.41 bits per heavy atom. The maximum atomic E-state index is 12.7. The van der Waals surface area contributed by atoms with E-state index in [-0.39, 0.29) is 18.8 Å². The number of nitriles is 1. The summed E-state index contributed by atoms with van der Waals surface area (Å²) in [5.74, 6) is 1.47. The van der Waals surface area contributed by atoms with Crippen LogP contribution in [0.1, 0.15) is 66.5 Å². The van der Waals surface area contributed by atoms with Gasteiger partial charge in [-0.05, 0) is 64.4 Å². The normalized spacial score (nSPS) is 13.7. The molecule has 0 unspecified atom stereocenters. The lowest BCUT2D eigenvalue weighted by Gasteiger charge is -2.33. The molecule has 0 N–H and O–H groups in total. The highest BCUT2D eigenvalue weighted by atomic mass is 16.6. The number of aryl methyl sites for hydroxylation is 2. The van der Waals surface area contributed by atoms with Crippen LogP contribution >= 0.6 is 0 Å². The number of aromatic nitrogens is 2. The van der Waals surface area contributed by atoms with E-state index in [9.17, 15) is 14.9 Å². The Hall–Kier alpha value is -5.56. The van der Waals surface area contributed by atoms with Crippen molar-refractivity contribution in [3.63, 3.8) is 0 Å². The molecular weight excluding hydrogens is 620 g/mol. The molecule has 1 aliphatic heterocycles. The standard InChI is InChI=1S/C39H40N4O6/c1-24-35-33(43(25(2)41-35)32-15-14-28(22-40)30-12-7-8-13-31(30)32)21-34(36(24)47-23-26-10-9-11-27(20-26)37(44)46-6)48-29-16-18-42(19-17-29)38(45)49-39(3,4)5/h7-15,20-21,29H,16-19,23H2,1-6H3. The topological polar surface area (TPSA) is 116 Å².